The SMILES string of the molecule is CC1CS(=O)(=O)CCN1C(C)C(=O)c1ccc(Cl)cc1Cl. The number of carbonyl (C=O) groups excluding carboxylic acids is 1. The van der Waals surface area contributed by atoms with Gasteiger partial charge in [-0.3, -0.25) is 9.69 Å². The third-order valence-electron chi connectivity index (χ3n) is 3.80. The van der Waals surface area contributed by atoms with Crippen molar-refractivity contribution in [3.05, 3.63) is 33.8 Å². The lowest BCUT2D eigenvalue weighted by atomic mass is 10.0. The molecule has 0 spiro atoms. The Labute approximate surface area is 134 Å². The first-order valence-electron chi connectivity index (χ1n) is 6.67. The molecule has 1 fully saturated rings. The zero-order valence-corrected chi connectivity index (χ0v) is 14.2. The van der Waals surface area contributed by atoms with Crippen molar-refractivity contribution in [1.82, 2.24) is 4.90 Å². The van der Waals surface area contributed by atoms with Crippen molar-refractivity contribution in [3.8, 4) is 0 Å². The molecule has 1 aliphatic rings. The van der Waals surface area contributed by atoms with Crippen molar-refractivity contribution in [1.29, 1.82) is 0 Å². The summed E-state index contributed by atoms with van der Waals surface area (Å²) in [6.07, 6.45) is 0. The van der Waals surface area contributed by atoms with Gasteiger partial charge in [-0.1, -0.05) is 23.2 Å². The number of hydrogen-bond donors (Lipinski definition) is 0. The van der Waals surface area contributed by atoms with Gasteiger partial charge in [0.05, 0.1) is 22.6 Å². The van der Waals surface area contributed by atoms with Crippen LogP contribution in [0.4, 0.5) is 0 Å². The molecule has 0 radical (unpaired) electrons. The summed E-state index contributed by atoms with van der Waals surface area (Å²) in [6, 6.07) is 4.16. The fourth-order valence-electron chi connectivity index (χ4n) is 2.65. The van der Waals surface area contributed by atoms with Crippen LogP contribution in [0.1, 0.15) is 24.2 Å². The lowest BCUT2D eigenvalue weighted by Gasteiger charge is -2.37. The average molecular weight is 350 g/mol. The van der Waals surface area contributed by atoms with Crippen LogP contribution < -0.4 is 0 Å². The van der Waals surface area contributed by atoms with Crippen LogP contribution in [0.2, 0.25) is 10.0 Å². The highest BCUT2D eigenvalue weighted by Crippen LogP contribution is 2.24. The molecule has 4 nitrogen and oxygen atoms in total. The summed E-state index contributed by atoms with van der Waals surface area (Å²) in [5.74, 6) is 0.0465. The van der Waals surface area contributed by atoms with Crippen LogP contribution in [0.3, 0.4) is 0 Å². The fourth-order valence-corrected chi connectivity index (χ4v) is 4.74. The molecule has 1 saturated heterocycles. The second kappa shape index (κ2) is 6.24. The first kappa shape index (κ1) is 16.7. The maximum atomic E-state index is 12.6. The molecule has 21 heavy (non-hydrogen) atoms. The van der Waals surface area contributed by atoms with Gasteiger partial charge >= 0.3 is 0 Å². The summed E-state index contributed by atoms with van der Waals surface area (Å²) >= 11 is 11.9. The van der Waals surface area contributed by atoms with E-state index in [0.29, 0.717) is 22.2 Å². The van der Waals surface area contributed by atoms with Gasteiger partial charge in [0.15, 0.2) is 15.6 Å². The van der Waals surface area contributed by atoms with Gasteiger partial charge < -0.3 is 0 Å². The summed E-state index contributed by atoms with van der Waals surface area (Å²) in [6.45, 7) is 3.97. The van der Waals surface area contributed by atoms with Gasteiger partial charge in [-0.25, -0.2) is 8.42 Å². The Balaban J connectivity index is 2.20. The van der Waals surface area contributed by atoms with Crippen LogP contribution >= 0.6 is 23.2 Å². The number of sulfone groups is 1. The summed E-state index contributed by atoms with van der Waals surface area (Å²) in [4.78, 5) is 14.5. The van der Waals surface area contributed by atoms with Crippen LogP contribution in [-0.4, -0.2) is 49.2 Å². The molecule has 1 heterocycles. The van der Waals surface area contributed by atoms with Crippen molar-refractivity contribution in [2.45, 2.75) is 25.9 Å². The molecule has 0 aliphatic carbocycles. The van der Waals surface area contributed by atoms with E-state index in [2.05, 4.69) is 0 Å². The van der Waals surface area contributed by atoms with Crippen molar-refractivity contribution in [3.63, 3.8) is 0 Å². The number of halogens is 2. The Kier molecular flexibility index (Phi) is 4.98. The highest BCUT2D eigenvalue weighted by atomic mass is 35.5. The first-order valence-corrected chi connectivity index (χ1v) is 9.24. The van der Waals surface area contributed by atoms with Gasteiger partial charge in [-0.15, -0.1) is 0 Å². The largest absolute Gasteiger partial charge is 0.292 e. The lowest BCUT2D eigenvalue weighted by molar-refractivity contribution is 0.0795. The van der Waals surface area contributed by atoms with E-state index in [4.69, 9.17) is 23.2 Å². The molecule has 1 aromatic carbocycles. The number of nitrogens with zero attached hydrogens (tertiary/aromatic N) is 1. The number of ketones is 1. The lowest BCUT2D eigenvalue weighted by Crippen LogP contribution is -2.53. The van der Waals surface area contributed by atoms with E-state index in [-0.39, 0.29) is 23.3 Å². The van der Waals surface area contributed by atoms with E-state index in [0.717, 1.165) is 0 Å². The molecule has 2 rings (SSSR count). The van der Waals surface area contributed by atoms with Crippen LogP contribution in [0, 0.1) is 0 Å². The molecule has 0 saturated carbocycles. The summed E-state index contributed by atoms with van der Waals surface area (Å²) in [7, 11) is -3.00. The van der Waals surface area contributed by atoms with Crippen molar-refractivity contribution in [2.75, 3.05) is 18.1 Å². The van der Waals surface area contributed by atoms with Gasteiger partial charge in [0.1, 0.15) is 0 Å². The predicted molar refractivity (Wildman–Crippen MR) is 85.1 cm³/mol. The Morgan fingerprint density at radius 1 is 1.38 bits per heavy atom. The van der Waals surface area contributed by atoms with E-state index < -0.39 is 15.9 Å². The molecular formula is C14H17Cl2NO3S. The van der Waals surface area contributed by atoms with E-state index in [1.165, 1.54) is 6.07 Å². The minimum atomic E-state index is -3.00. The normalized spacial score (nSPS) is 23.7. The van der Waals surface area contributed by atoms with Gasteiger partial charge in [0, 0.05) is 23.2 Å². The molecule has 0 bridgehead atoms. The summed E-state index contributed by atoms with van der Waals surface area (Å²) < 4.78 is 23.2. The Hall–Kier alpha value is -0.620. The molecular weight excluding hydrogens is 333 g/mol. The highest BCUT2D eigenvalue weighted by Gasteiger charge is 2.34. The van der Waals surface area contributed by atoms with E-state index >= 15 is 0 Å². The Morgan fingerprint density at radius 2 is 2.05 bits per heavy atom. The fraction of sp³-hybridized carbons (Fsp3) is 0.500. The van der Waals surface area contributed by atoms with Gasteiger partial charge in [0.2, 0.25) is 0 Å². The minimum Gasteiger partial charge on any atom is -0.292 e. The van der Waals surface area contributed by atoms with Crippen LogP contribution in [-0.2, 0) is 9.84 Å². The summed E-state index contributed by atoms with van der Waals surface area (Å²) in [5.41, 5.74) is 0.411. The van der Waals surface area contributed by atoms with Gasteiger partial charge in [-0.05, 0) is 32.0 Å². The van der Waals surface area contributed by atoms with Crippen molar-refractivity contribution < 1.29 is 13.2 Å². The van der Waals surface area contributed by atoms with Crippen molar-refractivity contribution >= 4 is 38.8 Å². The molecule has 1 aromatic rings. The predicted octanol–water partition coefficient (Wildman–Crippen LogP) is 2.68. The molecule has 2 unspecified atom stereocenters. The number of hydrogen-bond acceptors (Lipinski definition) is 4. The summed E-state index contributed by atoms with van der Waals surface area (Å²) in [5, 5.41) is 0.790. The zero-order valence-electron chi connectivity index (χ0n) is 11.8. The highest BCUT2D eigenvalue weighted by molar-refractivity contribution is 7.91. The van der Waals surface area contributed by atoms with Gasteiger partial charge in [0.25, 0.3) is 0 Å². The van der Waals surface area contributed by atoms with Crippen molar-refractivity contribution in [2.24, 2.45) is 0 Å². The Bertz CT molecular complexity index is 660. The molecule has 1 aliphatic heterocycles. The molecule has 2 atom stereocenters. The quantitative estimate of drug-likeness (QED) is 0.787. The standard InChI is InChI=1S/C14H17Cl2NO3S/c1-9-8-21(19,20)6-5-17(9)10(2)14(18)12-4-3-11(15)7-13(12)16/h3-4,7,9-10H,5-6,8H2,1-2H3. The monoisotopic (exact) mass is 349 g/mol. The third kappa shape index (κ3) is 3.77. The molecule has 0 aromatic heterocycles. The van der Waals surface area contributed by atoms with E-state index in [1.807, 2.05) is 11.8 Å². The van der Waals surface area contributed by atoms with Crippen LogP contribution in [0.15, 0.2) is 18.2 Å². The van der Waals surface area contributed by atoms with Crippen LogP contribution in [0.5, 0.6) is 0 Å². The average Bonchev–Trinajstić information content (AvgIpc) is 2.36. The zero-order chi connectivity index (χ0) is 15.8. The topological polar surface area (TPSA) is 54.5 Å². The smallest absolute Gasteiger partial charge is 0.181 e. The number of benzene rings is 1. The molecule has 116 valence electrons. The number of carbonyl (C=O) groups is 1. The maximum Gasteiger partial charge on any atom is 0.181 e. The number of Topliss-reactive ketones (excluding diaryl/α,β-unsaturated/α-hetero) is 1. The minimum absolute atomic E-state index is 0.0823. The first-order chi connectivity index (χ1) is 9.71. The van der Waals surface area contributed by atoms with Gasteiger partial charge in [-0.2, -0.15) is 0 Å². The molecule has 0 amide bonds. The second-order valence-electron chi connectivity index (χ2n) is 5.37. The maximum absolute atomic E-state index is 12.6. The third-order valence-corrected chi connectivity index (χ3v) is 6.14. The van der Waals surface area contributed by atoms with E-state index in [1.54, 1.807) is 19.1 Å². The number of rotatable bonds is 3. The molecule has 7 heteroatoms. The van der Waals surface area contributed by atoms with Crippen LogP contribution in [0.25, 0.3) is 0 Å². The molecule has 0 N–H and O–H groups in total. The van der Waals surface area contributed by atoms with E-state index in [9.17, 15) is 13.2 Å². The second-order valence-corrected chi connectivity index (χ2v) is 8.44. The Morgan fingerprint density at radius 3 is 2.62 bits per heavy atom.